The predicted molar refractivity (Wildman–Crippen MR) is 132 cm³/mol. The third kappa shape index (κ3) is 4.67. The standard InChI is InChI=1S/C28H28N2O3/c1-4-21-26(28(31)29-17-16-19-14-15-24(32-2)25(18-19)33-3)22-12-8-9-13-23(22)30-27(21)20-10-6-5-7-11-20/h5-15,18H,4,16-17H2,1-3H3,(H,29,31). The number of hydrogen-bond donors (Lipinski definition) is 1. The molecule has 1 N–H and O–H groups in total. The monoisotopic (exact) mass is 440 g/mol. The second-order valence-corrected chi connectivity index (χ2v) is 7.75. The highest BCUT2D eigenvalue weighted by molar-refractivity contribution is 6.09. The molecule has 0 aliphatic rings. The highest BCUT2D eigenvalue weighted by atomic mass is 16.5. The lowest BCUT2D eigenvalue weighted by atomic mass is 9.94. The Kier molecular flexibility index (Phi) is 6.89. The van der Waals surface area contributed by atoms with Gasteiger partial charge in [0.2, 0.25) is 0 Å². The van der Waals surface area contributed by atoms with Crippen LogP contribution in [0.5, 0.6) is 11.5 Å². The Bertz CT molecular complexity index is 1270. The Morgan fingerprint density at radius 2 is 1.64 bits per heavy atom. The first-order valence-electron chi connectivity index (χ1n) is 11.1. The van der Waals surface area contributed by atoms with E-state index in [0.29, 0.717) is 36.4 Å². The van der Waals surface area contributed by atoms with Gasteiger partial charge in [-0.05, 0) is 42.2 Å². The van der Waals surface area contributed by atoms with E-state index in [4.69, 9.17) is 14.5 Å². The topological polar surface area (TPSA) is 60.5 Å². The number of rotatable bonds is 8. The van der Waals surface area contributed by atoms with Gasteiger partial charge >= 0.3 is 0 Å². The maximum Gasteiger partial charge on any atom is 0.252 e. The summed E-state index contributed by atoms with van der Waals surface area (Å²) in [6.45, 7) is 2.58. The lowest BCUT2D eigenvalue weighted by Crippen LogP contribution is -2.27. The van der Waals surface area contributed by atoms with E-state index in [1.54, 1.807) is 14.2 Å². The summed E-state index contributed by atoms with van der Waals surface area (Å²) in [5.41, 5.74) is 5.42. The van der Waals surface area contributed by atoms with E-state index in [-0.39, 0.29) is 5.91 Å². The molecule has 0 aliphatic heterocycles. The van der Waals surface area contributed by atoms with Crippen LogP contribution in [0.4, 0.5) is 0 Å². The van der Waals surface area contributed by atoms with Crippen LogP contribution in [-0.2, 0) is 12.8 Å². The Balaban J connectivity index is 1.64. The largest absolute Gasteiger partial charge is 0.493 e. The fourth-order valence-corrected chi connectivity index (χ4v) is 4.13. The summed E-state index contributed by atoms with van der Waals surface area (Å²) < 4.78 is 10.7. The molecule has 0 saturated heterocycles. The van der Waals surface area contributed by atoms with E-state index >= 15 is 0 Å². The number of amides is 1. The molecule has 0 fully saturated rings. The van der Waals surface area contributed by atoms with Gasteiger partial charge in [-0.25, -0.2) is 4.98 Å². The third-order valence-corrected chi connectivity index (χ3v) is 5.77. The van der Waals surface area contributed by atoms with Crippen molar-refractivity contribution in [3.05, 3.63) is 89.5 Å². The molecule has 168 valence electrons. The normalized spacial score (nSPS) is 10.8. The van der Waals surface area contributed by atoms with Crippen LogP contribution in [0, 0.1) is 0 Å². The van der Waals surface area contributed by atoms with Crippen molar-refractivity contribution < 1.29 is 14.3 Å². The number of pyridine rings is 1. The van der Waals surface area contributed by atoms with Gasteiger partial charge in [0.05, 0.1) is 31.0 Å². The molecule has 4 aromatic rings. The molecule has 1 amide bonds. The second kappa shape index (κ2) is 10.2. The molecule has 0 aliphatic carbocycles. The maximum atomic E-state index is 13.5. The Morgan fingerprint density at radius 3 is 2.36 bits per heavy atom. The number of hydrogen-bond acceptors (Lipinski definition) is 4. The molecule has 5 nitrogen and oxygen atoms in total. The average Bonchev–Trinajstić information content (AvgIpc) is 2.87. The van der Waals surface area contributed by atoms with Gasteiger partial charge in [0.25, 0.3) is 5.91 Å². The number of carbonyl (C=O) groups is 1. The molecule has 0 bridgehead atoms. The number of nitrogens with zero attached hydrogens (tertiary/aromatic N) is 1. The molecule has 1 aromatic heterocycles. The van der Waals surface area contributed by atoms with Gasteiger partial charge in [-0.15, -0.1) is 0 Å². The van der Waals surface area contributed by atoms with E-state index in [2.05, 4.69) is 12.2 Å². The lowest BCUT2D eigenvalue weighted by Gasteiger charge is -2.16. The van der Waals surface area contributed by atoms with Crippen molar-refractivity contribution in [1.82, 2.24) is 10.3 Å². The van der Waals surface area contributed by atoms with Crippen molar-refractivity contribution in [1.29, 1.82) is 0 Å². The van der Waals surface area contributed by atoms with Gasteiger partial charge in [0, 0.05) is 17.5 Å². The maximum absolute atomic E-state index is 13.5. The highest BCUT2D eigenvalue weighted by Gasteiger charge is 2.20. The van der Waals surface area contributed by atoms with Gasteiger partial charge in [-0.2, -0.15) is 0 Å². The summed E-state index contributed by atoms with van der Waals surface area (Å²) in [7, 11) is 3.24. The summed E-state index contributed by atoms with van der Waals surface area (Å²) in [6.07, 6.45) is 1.39. The van der Waals surface area contributed by atoms with Gasteiger partial charge in [-0.3, -0.25) is 4.79 Å². The average molecular weight is 441 g/mol. The minimum atomic E-state index is -0.0805. The first-order chi connectivity index (χ1) is 16.2. The van der Waals surface area contributed by atoms with Crippen molar-refractivity contribution in [2.24, 2.45) is 0 Å². The first-order valence-corrected chi connectivity index (χ1v) is 11.1. The number of benzene rings is 3. The van der Waals surface area contributed by atoms with Gasteiger partial charge < -0.3 is 14.8 Å². The summed E-state index contributed by atoms with van der Waals surface area (Å²) in [4.78, 5) is 18.4. The van der Waals surface area contributed by atoms with E-state index in [1.165, 1.54) is 0 Å². The number of ether oxygens (including phenoxy) is 2. The zero-order valence-electron chi connectivity index (χ0n) is 19.2. The zero-order valence-corrected chi connectivity index (χ0v) is 19.2. The van der Waals surface area contributed by atoms with Gasteiger partial charge in [0.1, 0.15) is 0 Å². The smallest absolute Gasteiger partial charge is 0.252 e. The second-order valence-electron chi connectivity index (χ2n) is 7.75. The molecule has 4 rings (SSSR count). The molecule has 3 aromatic carbocycles. The van der Waals surface area contributed by atoms with Crippen molar-refractivity contribution in [3.8, 4) is 22.8 Å². The van der Waals surface area contributed by atoms with Crippen LogP contribution >= 0.6 is 0 Å². The fraction of sp³-hybridized carbons (Fsp3) is 0.214. The molecule has 1 heterocycles. The molecular weight excluding hydrogens is 412 g/mol. The molecule has 0 atom stereocenters. The first kappa shape index (κ1) is 22.3. The van der Waals surface area contributed by atoms with Crippen molar-refractivity contribution in [2.45, 2.75) is 19.8 Å². The number of nitrogens with one attached hydrogen (secondary N) is 1. The molecule has 0 radical (unpaired) electrons. The minimum absolute atomic E-state index is 0.0805. The van der Waals surface area contributed by atoms with E-state index in [0.717, 1.165) is 33.3 Å². The molecule has 0 spiro atoms. The van der Waals surface area contributed by atoms with E-state index < -0.39 is 0 Å². The van der Waals surface area contributed by atoms with Crippen LogP contribution in [0.25, 0.3) is 22.2 Å². The lowest BCUT2D eigenvalue weighted by molar-refractivity contribution is 0.0955. The van der Waals surface area contributed by atoms with Crippen LogP contribution in [-0.4, -0.2) is 31.7 Å². The number of para-hydroxylation sites is 1. The number of aromatic nitrogens is 1. The number of methoxy groups -OCH3 is 2. The molecular formula is C28H28N2O3. The highest BCUT2D eigenvalue weighted by Crippen LogP contribution is 2.31. The number of fused-ring (bicyclic) bond motifs is 1. The summed E-state index contributed by atoms with van der Waals surface area (Å²) in [6, 6.07) is 23.7. The summed E-state index contributed by atoms with van der Waals surface area (Å²) in [5, 5.41) is 3.99. The van der Waals surface area contributed by atoms with Gasteiger partial charge in [0.15, 0.2) is 11.5 Å². The molecule has 0 saturated carbocycles. The minimum Gasteiger partial charge on any atom is -0.493 e. The molecule has 5 heteroatoms. The van der Waals surface area contributed by atoms with E-state index in [9.17, 15) is 4.79 Å². The zero-order chi connectivity index (χ0) is 23.2. The Morgan fingerprint density at radius 1 is 0.909 bits per heavy atom. The SMILES string of the molecule is CCc1c(-c2ccccc2)nc2ccccc2c1C(=O)NCCc1ccc(OC)c(OC)c1. The summed E-state index contributed by atoms with van der Waals surface area (Å²) >= 11 is 0. The van der Waals surface area contributed by atoms with Crippen LogP contribution in [0.2, 0.25) is 0 Å². The quantitative estimate of drug-likeness (QED) is 0.396. The van der Waals surface area contributed by atoms with Crippen molar-refractivity contribution in [3.63, 3.8) is 0 Å². The summed E-state index contributed by atoms with van der Waals surface area (Å²) in [5.74, 6) is 1.29. The Labute approximate surface area is 194 Å². The van der Waals surface area contributed by atoms with Crippen LogP contribution in [0.3, 0.4) is 0 Å². The van der Waals surface area contributed by atoms with Crippen LogP contribution < -0.4 is 14.8 Å². The fourth-order valence-electron chi connectivity index (χ4n) is 4.13. The van der Waals surface area contributed by atoms with Crippen LogP contribution in [0.15, 0.2) is 72.8 Å². The molecule has 0 unspecified atom stereocenters. The predicted octanol–water partition coefficient (Wildman–Crippen LogP) is 5.45. The van der Waals surface area contributed by atoms with E-state index in [1.807, 2.05) is 72.8 Å². The Hall–Kier alpha value is -3.86. The molecule has 33 heavy (non-hydrogen) atoms. The van der Waals surface area contributed by atoms with Crippen LogP contribution in [0.1, 0.15) is 28.4 Å². The van der Waals surface area contributed by atoms with Crippen molar-refractivity contribution in [2.75, 3.05) is 20.8 Å². The van der Waals surface area contributed by atoms with Crippen molar-refractivity contribution >= 4 is 16.8 Å². The number of carbonyl (C=O) groups excluding carboxylic acids is 1. The van der Waals surface area contributed by atoms with Gasteiger partial charge in [-0.1, -0.05) is 61.5 Å². The third-order valence-electron chi connectivity index (χ3n) is 5.77.